The van der Waals surface area contributed by atoms with E-state index in [1.54, 1.807) is 55.9 Å². The minimum Gasteiger partial charge on any atom is -0.391 e. The highest BCUT2D eigenvalue weighted by Gasteiger charge is 2.45. The van der Waals surface area contributed by atoms with Gasteiger partial charge in [-0.05, 0) is 35.1 Å². The van der Waals surface area contributed by atoms with E-state index in [0.717, 1.165) is 21.7 Å². The van der Waals surface area contributed by atoms with Crippen LogP contribution in [-0.2, 0) is 31.9 Å². The summed E-state index contributed by atoms with van der Waals surface area (Å²) in [7, 11) is -3.92. The van der Waals surface area contributed by atoms with Gasteiger partial charge in [-0.25, -0.2) is 18.1 Å². The highest BCUT2D eigenvalue weighted by Crippen LogP contribution is 2.28. The van der Waals surface area contributed by atoms with Crippen molar-refractivity contribution in [1.82, 2.24) is 24.9 Å². The number of hydrogen-bond acceptors (Lipinski definition) is 8. The Balaban J connectivity index is 1.44. The van der Waals surface area contributed by atoms with Crippen LogP contribution in [0.25, 0.3) is 10.4 Å². The van der Waals surface area contributed by atoms with Crippen LogP contribution in [0.1, 0.15) is 44.0 Å². The number of thiazole rings is 1. The van der Waals surface area contributed by atoms with Crippen LogP contribution in [0.15, 0.2) is 54.3 Å². The van der Waals surface area contributed by atoms with Gasteiger partial charge in [-0.2, -0.15) is 0 Å². The van der Waals surface area contributed by atoms with Crippen LogP contribution in [0.5, 0.6) is 0 Å². The number of sulfonamides is 1. The molecule has 1 aliphatic rings. The summed E-state index contributed by atoms with van der Waals surface area (Å²) in [6, 6.07) is 9.02. The van der Waals surface area contributed by atoms with E-state index in [0.29, 0.717) is 5.56 Å². The first kappa shape index (κ1) is 29.8. The van der Waals surface area contributed by atoms with Crippen molar-refractivity contribution in [3.63, 3.8) is 0 Å². The standard InChI is InChI=1S/C28H35N5O5S2/c1-18-24(39-17-31-18)21-9-7-19(8-10-21)14-30-26(35)23-12-22(34)15-33(23)27(36)25(28(2,3)4)32-40(37,38)16-20-6-5-11-29-13-20/h5-11,13,17,22-23,25,32,34H,12,14-16H2,1-4H3,(H,30,35)/t22-,23+,25+/m1/s1. The molecule has 40 heavy (non-hydrogen) atoms. The van der Waals surface area contributed by atoms with Crippen LogP contribution >= 0.6 is 11.3 Å². The zero-order valence-corrected chi connectivity index (χ0v) is 24.6. The van der Waals surface area contributed by atoms with E-state index in [-0.39, 0.29) is 25.3 Å². The smallest absolute Gasteiger partial charge is 0.243 e. The zero-order chi connectivity index (χ0) is 29.1. The Hall–Kier alpha value is -3.19. The van der Waals surface area contributed by atoms with Crippen molar-refractivity contribution in [2.45, 2.75) is 64.6 Å². The number of hydrogen-bond donors (Lipinski definition) is 3. The molecular weight excluding hydrogens is 550 g/mol. The van der Waals surface area contributed by atoms with Crippen LogP contribution < -0.4 is 10.0 Å². The van der Waals surface area contributed by atoms with Crippen molar-refractivity contribution in [3.05, 3.63) is 71.1 Å². The first-order valence-electron chi connectivity index (χ1n) is 13.0. The van der Waals surface area contributed by atoms with Crippen molar-refractivity contribution in [2.24, 2.45) is 5.41 Å². The average molecular weight is 586 g/mol. The maximum absolute atomic E-state index is 13.7. The summed E-state index contributed by atoms with van der Waals surface area (Å²) in [4.78, 5) is 37.5. The Labute approximate surface area is 238 Å². The molecule has 0 bridgehead atoms. The third-order valence-electron chi connectivity index (χ3n) is 6.78. The van der Waals surface area contributed by atoms with Gasteiger partial charge in [-0.15, -0.1) is 11.3 Å². The number of aliphatic hydroxyl groups is 1. The number of rotatable bonds is 9. The van der Waals surface area contributed by atoms with Crippen molar-refractivity contribution in [2.75, 3.05) is 6.54 Å². The van der Waals surface area contributed by atoms with Gasteiger partial charge in [0, 0.05) is 31.9 Å². The van der Waals surface area contributed by atoms with Crippen molar-refractivity contribution in [3.8, 4) is 10.4 Å². The van der Waals surface area contributed by atoms with Gasteiger partial charge >= 0.3 is 0 Å². The topological polar surface area (TPSA) is 142 Å². The van der Waals surface area contributed by atoms with Crippen LogP contribution in [0.4, 0.5) is 0 Å². The minimum absolute atomic E-state index is 0.0588. The second kappa shape index (κ2) is 12.1. The van der Waals surface area contributed by atoms with E-state index in [2.05, 4.69) is 20.0 Å². The van der Waals surface area contributed by atoms with E-state index >= 15 is 0 Å². The summed E-state index contributed by atoms with van der Waals surface area (Å²) in [5, 5.41) is 13.3. The third-order valence-corrected chi connectivity index (χ3v) is 9.07. The molecule has 2 amide bonds. The van der Waals surface area contributed by atoms with E-state index in [4.69, 9.17) is 0 Å². The fraction of sp³-hybridized carbons (Fsp3) is 0.429. The fourth-order valence-electron chi connectivity index (χ4n) is 4.65. The van der Waals surface area contributed by atoms with Crippen molar-refractivity contribution < 1.29 is 23.1 Å². The maximum Gasteiger partial charge on any atom is 0.243 e. The molecule has 0 saturated carbocycles. The number of carbonyl (C=O) groups excluding carboxylic acids is 2. The number of aryl methyl sites for hydroxylation is 1. The first-order chi connectivity index (χ1) is 18.8. The molecule has 214 valence electrons. The SMILES string of the molecule is Cc1ncsc1-c1ccc(CNC(=O)[C@@H]2C[C@@H](O)CN2C(=O)[C@H](NS(=O)(=O)Cc2cccnc2)C(C)(C)C)cc1. The number of pyridine rings is 1. The number of β-amino-alcohol motifs (C(OH)–C–C–N with tert-alkyl or cyclic N) is 1. The van der Waals surface area contributed by atoms with Crippen LogP contribution in [-0.4, -0.2) is 64.9 Å². The lowest BCUT2D eigenvalue weighted by Gasteiger charge is -2.35. The normalized spacial score (nSPS) is 18.5. The van der Waals surface area contributed by atoms with Gasteiger partial charge < -0.3 is 15.3 Å². The largest absolute Gasteiger partial charge is 0.391 e. The lowest BCUT2D eigenvalue weighted by Crippen LogP contribution is -2.57. The Morgan fingerprint density at radius 3 is 2.50 bits per heavy atom. The van der Waals surface area contributed by atoms with E-state index < -0.39 is 45.4 Å². The minimum atomic E-state index is -3.92. The summed E-state index contributed by atoms with van der Waals surface area (Å²) in [6.45, 7) is 7.40. The molecule has 0 aliphatic carbocycles. The molecule has 1 aliphatic heterocycles. The molecule has 12 heteroatoms. The maximum atomic E-state index is 13.7. The molecule has 3 atom stereocenters. The quantitative estimate of drug-likeness (QED) is 0.351. The average Bonchev–Trinajstić information content (AvgIpc) is 3.51. The second-order valence-electron chi connectivity index (χ2n) is 11.1. The van der Waals surface area contributed by atoms with Crippen molar-refractivity contribution >= 4 is 33.2 Å². The Morgan fingerprint density at radius 2 is 1.90 bits per heavy atom. The van der Waals surface area contributed by atoms with Crippen LogP contribution in [0.2, 0.25) is 0 Å². The summed E-state index contributed by atoms with van der Waals surface area (Å²) in [5.74, 6) is -1.30. The molecule has 1 fully saturated rings. The second-order valence-corrected chi connectivity index (χ2v) is 13.7. The van der Waals surface area contributed by atoms with Gasteiger partial charge in [0.1, 0.15) is 12.1 Å². The van der Waals surface area contributed by atoms with Gasteiger partial charge in [0.25, 0.3) is 0 Å². The van der Waals surface area contributed by atoms with Crippen LogP contribution in [0, 0.1) is 12.3 Å². The monoisotopic (exact) mass is 585 g/mol. The van der Waals surface area contributed by atoms with E-state index in [9.17, 15) is 23.1 Å². The lowest BCUT2D eigenvalue weighted by molar-refractivity contribution is -0.141. The van der Waals surface area contributed by atoms with E-state index in [1.165, 1.54) is 11.1 Å². The number of likely N-dealkylation sites (tertiary alicyclic amines) is 1. The lowest BCUT2D eigenvalue weighted by atomic mass is 9.86. The summed E-state index contributed by atoms with van der Waals surface area (Å²) < 4.78 is 28.5. The Kier molecular flexibility index (Phi) is 9.03. The Bertz CT molecular complexity index is 1440. The first-order valence-corrected chi connectivity index (χ1v) is 15.5. The highest BCUT2D eigenvalue weighted by molar-refractivity contribution is 7.88. The number of carbonyl (C=O) groups is 2. The molecule has 0 spiro atoms. The number of benzene rings is 1. The predicted octanol–water partition coefficient (Wildman–Crippen LogP) is 2.63. The molecule has 2 aromatic heterocycles. The molecule has 1 saturated heterocycles. The molecular formula is C28H35N5O5S2. The number of aliphatic hydroxyl groups excluding tert-OH is 1. The van der Waals surface area contributed by atoms with Gasteiger partial charge in [0.05, 0.1) is 27.9 Å². The van der Waals surface area contributed by atoms with Gasteiger partial charge in [-0.3, -0.25) is 14.6 Å². The van der Waals surface area contributed by atoms with Gasteiger partial charge in [0.2, 0.25) is 21.8 Å². The molecule has 3 heterocycles. The number of nitrogens with one attached hydrogen (secondary N) is 2. The molecule has 3 aromatic rings. The molecule has 4 rings (SSSR count). The predicted molar refractivity (Wildman–Crippen MR) is 153 cm³/mol. The number of amides is 2. The highest BCUT2D eigenvalue weighted by atomic mass is 32.2. The van der Waals surface area contributed by atoms with Crippen LogP contribution in [0.3, 0.4) is 0 Å². The Morgan fingerprint density at radius 1 is 1.18 bits per heavy atom. The van der Waals surface area contributed by atoms with Gasteiger partial charge in [-0.1, -0.05) is 51.1 Å². The molecule has 0 unspecified atom stereocenters. The third kappa shape index (κ3) is 7.30. The van der Waals surface area contributed by atoms with Crippen molar-refractivity contribution in [1.29, 1.82) is 0 Å². The van der Waals surface area contributed by atoms with Gasteiger partial charge in [0.15, 0.2) is 0 Å². The fourth-order valence-corrected chi connectivity index (χ4v) is 6.97. The molecule has 10 nitrogen and oxygen atoms in total. The molecule has 1 aromatic carbocycles. The summed E-state index contributed by atoms with van der Waals surface area (Å²) in [5.41, 5.74) is 4.38. The summed E-state index contributed by atoms with van der Waals surface area (Å²) in [6.07, 6.45) is 2.18. The summed E-state index contributed by atoms with van der Waals surface area (Å²) >= 11 is 1.57. The molecule has 3 N–H and O–H groups in total. The number of aromatic nitrogens is 2. The zero-order valence-electron chi connectivity index (χ0n) is 23.0. The van der Waals surface area contributed by atoms with E-state index in [1.807, 2.05) is 31.2 Å². The molecule has 0 radical (unpaired) electrons. The number of nitrogens with zero attached hydrogens (tertiary/aromatic N) is 3.